The Bertz CT molecular complexity index is 1470. The molecule has 49 heavy (non-hydrogen) atoms. The first-order valence-corrected chi connectivity index (χ1v) is 13.4. The molecule has 3 rings (SSSR count). The van der Waals surface area contributed by atoms with Crippen molar-refractivity contribution >= 4 is 69.4 Å². The van der Waals surface area contributed by atoms with Crippen LogP contribution in [0.2, 0.25) is 15.1 Å². The van der Waals surface area contributed by atoms with Crippen LogP contribution in [0.3, 0.4) is 0 Å². The Morgan fingerprint density at radius 1 is 0.429 bits per heavy atom. The molecule has 0 amide bonds. The normalized spacial score (nSPS) is 12.4. The number of alkyl halides is 9. The van der Waals surface area contributed by atoms with Crippen LogP contribution in [-0.2, 0) is 31.5 Å². The van der Waals surface area contributed by atoms with E-state index >= 15 is 0 Å². The van der Waals surface area contributed by atoms with E-state index in [1.54, 1.807) is 0 Å². The number of carbonyl (C=O) groups excluding carboxylic acids is 3. The fourth-order valence-electron chi connectivity index (χ4n) is 2.73. The van der Waals surface area contributed by atoms with Crippen LogP contribution in [-0.4, -0.2) is 51.2 Å². The van der Waals surface area contributed by atoms with Gasteiger partial charge in [-0.1, -0.05) is 34.8 Å². The van der Waals surface area contributed by atoms with E-state index < -0.39 is 53.2 Å². The maximum atomic E-state index is 11.9. The zero-order valence-electron chi connectivity index (χ0n) is 23.6. The Morgan fingerprint density at radius 3 is 0.735 bits per heavy atom. The van der Waals surface area contributed by atoms with Crippen molar-refractivity contribution in [3.8, 4) is 0 Å². The summed E-state index contributed by atoms with van der Waals surface area (Å²) in [6.07, 6.45) is -14.6. The number of halogens is 12. The number of hydrogen-bond acceptors (Lipinski definition) is 6. The van der Waals surface area contributed by atoms with Gasteiger partial charge in [0.25, 0.3) is 17.3 Å². The predicted molar refractivity (Wildman–Crippen MR) is 159 cm³/mol. The van der Waals surface area contributed by atoms with Gasteiger partial charge in [0.15, 0.2) is 0 Å². The second-order valence-electron chi connectivity index (χ2n) is 8.70. The average molecular weight is 808 g/mol. The third-order valence-corrected chi connectivity index (χ3v) is 5.82. The second-order valence-corrected chi connectivity index (χ2v) is 10.0. The van der Waals surface area contributed by atoms with Crippen molar-refractivity contribution in [3.05, 3.63) is 123 Å². The van der Waals surface area contributed by atoms with Crippen molar-refractivity contribution in [1.29, 1.82) is 0 Å². The molecule has 0 aromatic heterocycles. The van der Waals surface area contributed by atoms with E-state index in [0.29, 0.717) is 15.1 Å². The molecule has 0 spiro atoms. The Morgan fingerprint density at radius 2 is 0.592 bits per heavy atom. The molecule has 3 aromatic carbocycles. The Kier molecular flexibility index (Phi) is 17.7. The molecule has 0 fully saturated rings. The average Bonchev–Trinajstić information content (AvgIpc) is 2.97. The van der Waals surface area contributed by atoms with E-state index in [2.05, 4.69) is 0 Å². The Hall–Kier alpha value is -3.95. The van der Waals surface area contributed by atoms with Crippen molar-refractivity contribution in [3.63, 3.8) is 0 Å². The maximum Gasteiger partial charge on any atom is 3.00 e. The molecular weight excluding hydrogens is 790 g/mol. The second kappa shape index (κ2) is 19.3. The van der Waals surface area contributed by atoms with Gasteiger partial charge in [0, 0.05) is 50.0 Å². The molecule has 263 valence electrons. The SMILES string of the molecule is O=C(C=C(O)c1ccc(Cl)cc1)C(F)(F)F.O=C(C=C(O)c1ccc(Cl)cc1)C(F)(F)F.O=C(C=C(O)c1ccc(Cl)cc1)C(F)(F)F.[Fe+3]. The van der Waals surface area contributed by atoms with Gasteiger partial charge in [-0.25, -0.2) is 0 Å². The number of hydrogen-bond donors (Lipinski definition) is 3. The van der Waals surface area contributed by atoms with Gasteiger partial charge in [0.1, 0.15) is 17.3 Å². The quantitative estimate of drug-likeness (QED) is 0.0990. The number of carbonyl (C=O) groups is 3. The summed E-state index contributed by atoms with van der Waals surface area (Å²) in [6, 6.07) is 16.1. The first kappa shape index (κ1) is 45.0. The molecule has 0 aliphatic rings. The molecule has 19 heteroatoms. The number of aliphatic hydroxyl groups excluding tert-OH is 3. The van der Waals surface area contributed by atoms with Gasteiger partial charge in [-0.15, -0.1) is 0 Å². The van der Waals surface area contributed by atoms with Crippen LogP contribution < -0.4 is 0 Å². The first-order chi connectivity index (χ1) is 21.9. The Labute approximate surface area is 296 Å². The molecule has 6 nitrogen and oxygen atoms in total. The largest absolute Gasteiger partial charge is 3.00 e. The summed E-state index contributed by atoms with van der Waals surface area (Å²) in [5, 5.41) is 28.8. The van der Waals surface area contributed by atoms with Crippen LogP contribution in [0.25, 0.3) is 17.3 Å². The molecule has 0 atom stereocenters. The summed E-state index contributed by atoms with van der Waals surface area (Å²) in [7, 11) is 0. The van der Waals surface area contributed by atoms with Gasteiger partial charge in [-0.3, -0.25) is 14.4 Å². The van der Waals surface area contributed by atoms with Crippen LogP contribution in [0, 0.1) is 0 Å². The molecule has 0 bridgehead atoms. The van der Waals surface area contributed by atoms with Gasteiger partial charge in [0.05, 0.1) is 0 Å². The predicted octanol–water partition coefficient (Wildman–Crippen LogP) is 10.1. The third kappa shape index (κ3) is 16.8. The van der Waals surface area contributed by atoms with E-state index in [9.17, 15) is 69.2 Å². The fraction of sp³-hybridized carbons (Fsp3) is 0.100. The smallest absolute Gasteiger partial charge is 0.507 e. The van der Waals surface area contributed by atoms with Gasteiger partial charge >= 0.3 is 35.6 Å². The Balaban J connectivity index is 0.000000698. The summed E-state index contributed by atoms with van der Waals surface area (Å²) in [6.45, 7) is 0. The molecular formula is C30H18Cl3F9FeO6+3. The van der Waals surface area contributed by atoms with Crippen LogP contribution in [0.4, 0.5) is 39.5 Å². The number of aliphatic hydroxyl groups is 3. The summed E-state index contributed by atoms with van der Waals surface area (Å²) in [4.78, 5) is 31.6. The van der Waals surface area contributed by atoms with E-state index in [-0.39, 0.29) is 52.0 Å². The maximum absolute atomic E-state index is 11.9. The number of allylic oxidation sites excluding steroid dienone is 3. The van der Waals surface area contributed by atoms with Crippen LogP contribution in [0.5, 0.6) is 0 Å². The van der Waals surface area contributed by atoms with Crippen LogP contribution in [0.1, 0.15) is 16.7 Å². The third-order valence-electron chi connectivity index (χ3n) is 5.06. The van der Waals surface area contributed by atoms with Crippen molar-refractivity contribution in [2.45, 2.75) is 18.5 Å². The van der Waals surface area contributed by atoms with Crippen LogP contribution >= 0.6 is 34.8 Å². The summed E-state index contributed by atoms with van der Waals surface area (Å²) in [5.41, 5.74) is 0.256. The first-order valence-electron chi connectivity index (χ1n) is 12.2. The molecule has 0 unspecified atom stereocenters. The molecule has 0 saturated heterocycles. The molecule has 1 radical (unpaired) electrons. The minimum absolute atomic E-state index is 0. The van der Waals surface area contributed by atoms with Crippen molar-refractivity contribution < 1.29 is 86.3 Å². The van der Waals surface area contributed by atoms with Gasteiger partial charge in [-0.05, 0) is 72.8 Å². The van der Waals surface area contributed by atoms with Gasteiger partial charge in [0.2, 0.25) is 0 Å². The summed E-state index contributed by atoms with van der Waals surface area (Å²) < 4.78 is 107. The topological polar surface area (TPSA) is 112 Å². The zero-order chi connectivity index (χ0) is 37.0. The van der Waals surface area contributed by atoms with Gasteiger partial charge < -0.3 is 15.3 Å². The summed E-state index contributed by atoms with van der Waals surface area (Å²) in [5.74, 6) is -8.59. The van der Waals surface area contributed by atoms with Crippen molar-refractivity contribution in [1.82, 2.24) is 0 Å². The van der Waals surface area contributed by atoms with E-state index in [1.807, 2.05) is 0 Å². The number of ketones is 3. The fourth-order valence-corrected chi connectivity index (χ4v) is 3.11. The zero-order valence-corrected chi connectivity index (χ0v) is 27.0. The van der Waals surface area contributed by atoms with E-state index in [0.717, 1.165) is 0 Å². The molecule has 0 aliphatic carbocycles. The van der Waals surface area contributed by atoms with Crippen molar-refractivity contribution in [2.24, 2.45) is 0 Å². The van der Waals surface area contributed by atoms with Gasteiger partial charge in [-0.2, -0.15) is 39.5 Å². The minimum atomic E-state index is -4.99. The summed E-state index contributed by atoms with van der Waals surface area (Å²) >= 11 is 16.6. The van der Waals surface area contributed by atoms with E-state index in [4.69, 9.17) is 34.8 Å². The monoisotopic (exact) mass is 806 g/mol. The standard InChI is InChI=1S/3C10H6ClF3O2.Fe/c3*11-7-3-1-6(2-4-7)8(15)5-9(16)10(12,13)14;/h3*1-5,15H;/q;;;+3. The van der Waals surface area contributed by atoms with Crippen LogP contribution in [0.15, 0.2) is 91.0 Å². The van der Waals surface area contributed by atoms with E-state index in [1.165, 1.54) is 72.8 Å². The molecule has 0 heterocycles. The minimum Gasteiger partial charge on any atom is -0.507 e. The number of benzene rings is 3. The molecule has 0 saturated carbocycles. The molecule has 3 N–H and O–H groups in total. The molecule has 3 aromatic rings. The van der Waals surface area contributed by atoms with Crippen molar-refractivity contribution in [2.75, 3.05) is 0 Å². The molecule has 0 aliphatic heterocycles. The number of rotatable bonds is 6.